The molecule has 0 aliphatic carbocycles. The molecular weight excluding hydrogens is 352 g/mol. The van der Waals surface area contributed by atoms with E-state index in [-0.39, 0.29) is 5.78 Å². The van der Waals surface area contributed by atoms with Gasteiger partial charge in [-0.3, -0.25) is 4.79 Å². The highest BCUT2D eigenvalue weighted by Crippen LogP contribution is 2.32. The third kappa shape index (κ3) is 2.92. The molecule has 4 heteroatoms. The zero-order chi connectivity index (χ0) is 19.0. The van der Waals surface area contributed by atoms with Gasteiger partial charge in [0.1, 0.15) is 4.83 Å². The molecule has 3 aromatic heterocycles. The minimum atomic E-state index is 0.149. The highest BCUT2D eigenvalue weighted by atomic mass is 32.1. The van der Waals surface area contributed by atoms with E-state index in [9.17, 15) is 4.79 Å². The molecule has 0 amide bonds. The molecule has 140 valence electrons. The highest BCUT2D eigenvalue weighted by Gasteiger charge is 2.24. The Bertz CT molecular complexity index is 1110. The van der Waals surface area contributed by atoms with Gasteiger partial charge in [-0.15, -0.1) is 11.3 Å². The van der Waals surface area contributed by atoms with Crippen LogP contribution in [0.25, 0.3) is 21.1 Å². The van der Waals surface area contributed by atoms with Gasteiger partial charge in [-0.25, -0.2) is 0 Å². The number of hydrogen-bond donors (Lipinski definition) is 0. The Morgan fingerprint density at radius 1 is 1.04 bits per heavy atom. The number of para-hydroxylation sites is 1. The Labute approximate surface area is 164 Å². The lowest BCUT2D eigenvalue weighted by Crippen LogP contribution is -2.11. The zero-order valence-corrected chi connectivity index (χ0v) is 17.1. The van der Waals surface area contributed by atoms with Crippen LogP contribution in [0.15, 0.2) is 41.8 Å². The average molecular weight is 379 g/mol. The SMILES string of the molecule is CCCCn1c(C)c(C(=O)c2cc3ccsc3n2CCC)c2ccccc21. The Kier molecular flexibility index (Phi) is 4.92. The minimum absolute atomic E-state index is 0.149. The Morgan fingerprint density at radius 3 is 2.63 bits per heavy atom. The van der Waals surface area contributed by atoms with Crippen LogP contribution in [-0.2, 0) is 13.1 Å². The fraction of sp³-hybridized carbons (Fsp3) is 0.348. The predicted molar refractivity (Wildman–Crippen MR) is 115 cm³/mol. The van der Waals surface area contributed by atoms with Gasteiger partial charge in [0.15, 0.2) is 0 Å². The zero-order valence-electron chi connectivity index (χ0n) is 16.3. The van der Waals surface area contributed by atoms with Crippen molar-refractivity contribution in [2.75, 3.05) is 0 Å². The number of benzene rings is 1. The molecule has 0 saturated heterocycles. The van der Waals surface area contributed by atoms with Gasteiger partial charge in [0.05, 0.1) is 11.3 Å². The van der Waals surface area contributed by atoms with E-state index >= 15 is 0 Å². The second-order valence-electron chi connectivity index (χ2n) is 7.17. The van der Waals surface area contributed by atoms with Crippen LogP contribution in [0.3, 0.4) is 0 Å². The van der Waals surface area contributed by atoms with Crippen molar-refractivity contribution >= 4 is 38.2 Å². The van der Waals surface area contributed by atoms with Crippen LogP contribution in [0, 0.1) is 6.92 Å². The molecule has 0 unspecified atom stereocenters. The minimum Gasteiger partial charge on any atom is -0.344 e. The smallest absolute Gasteiger partial charge is 0.211 e. The van der Waals surface area contributed by atoms with Crippen molar-refractivity contribution in [3.8, 4) is 0 Å². The van der Waals surface area contributed by atoms with E-state index in [0.29, 0.717) is 0 Å². The molecule has 4 aromatic rings. The summed E-state index contributed by atoms with van der Waals surface area (Å²) in [5.41, 5.74) is 3.94. The normalized spacial score (nSPS) is 11.7. The molecule has 1 aromatic carbocycles. The van der Waals surface area contributed by atoms with Gasteiger partial charge in [0, 0.05) is 35.1 Å². The average Bonchev–Trinajstić information content (AvgIpc) is 3.33. The second kappa shape index (κ2) is 7.35. The van der Waals surface area contributed by atoms with Crippen molar-refractivity contribution in [1.29, 1.82) is 0 Å². The van der Waals surface area contributed by atoms with E-state index in [4.69, 9.17) is 0 Å². The van der Waals surface area contributed by atoms with Gasteiger partial charge in [0.25, 0.3) is 0 Å². The van der Waals surface area contributed by atoms with Crippen molar-refractivity contribution < 1.29 is 4.79 Å². The van der Waals surface area contributed by atoms with E-state index in [2.05, 4.69) is 65.6 Å². The van der Waals surface area contributed by atoms with Crippen LogP contribution in [0.5, 0.6) is 0 Å². The van der Waals surface area contributed by atoms with Crippen LogP contribution in [0.2, 0.25) is 0 Å². The second-order valence-corrected chi connectivity index (χ2v) is 8.07. The van der Waals surface area contributed by atoms with Crippen molar-refractivity contribution in [3.63, 3.8) is 0 Å². The van der Waals surface area contributed by atoms with Crippen molar-refractivity contribution in [1.82, 2.24) is 9.13 Å². The molecule has 0 saturated carbocycles. The van der Waals surface area contributed by atoms with Gasteiger partial charge in [-0.2, -0.15) is 0 Å². The molecule has 0 spiro atoms. The Morgan fingerprint density at radius 2 is 1.85 bits per heavy atom. The highest BCUT2D eigenvalue weighted by molar-refractivity contribution is 7.16. The Hall–Kier alpha value is -2.33. The fourth-order valence-electron chi connectivity index (χ4n) is 4.06. The van der Waals surface area contributed by atoms with E-state index in [1.54, 1.807) is 11.3 Å². The topological polar surface area (TPSA) is 26.9 Å². The third-order valence-corrected chi connectivity index (χ3v) is 6.33. The van der Waals surface area contributed by atoms with Crippen LogP contribution >= 0.6 is 11.3 Å². The number of nitrogens with zero attached hydrogens (tertiary/aromatic N) is 2. The number of carbonyl (C=O) groups excluding carboxylic acids is 1. The summed E-state index contributed by atoms with van der Waals surface area (Å²) in [7, 11) is 0. The molecule has 0 radical (unpaired) electrons. The third-order valence-electron chi connectivity index (χ3n) is 5.38. The van der Waals surface area contributed by atoms with Crippen molar-refractivity contribution in [2.45, 2.75) is 53.1 Å². The van der Waals surface area contributed by atoms with E-state index < -0.39 is 0 Å². The summed E-state index contributed by atoms with van der Waals surface area (Å²) in [6.07, 6.45) is 3.28. The van der Waals surface area contributed by atoms with Crippen LogP contribution < -0.4 is 0 Å². The molecule has 27 heavy (non-hydrogen) atoms. The first kappa shape index (κ1) is 18.1. The maximum absolute atomic E-state index is 13.7. The first-order chi connectivity index (χ1) is 13.2. The van der Waals surface area contributed by atoms with Gasteiger partial charge in [-0.05, 0) is 43.3 Å². The summed E-state index contributed by atoms with van der Waals surface area (Å²) in [5.74, 6) is 0.149. The van der Waals surface area contributed by atoms with E-state index in [0.717, 1.165) is 54.7 Å². The number of fused-ring (bicyclic) bond motifs is 2. The molecule has 0 aliphatic heterocycles. The van der Waals surface area contributed by atoms with E-state index in [1.165, 1.54) is 15.7 Å². The standard InChI is InChI=1S/C23H26N2OS/c1-4-6-13-24-16(3)21(18-9-7-8-10-19(18)24)22(26)20-15-17-11-14-27-23(17)25(20)12-5-2/h7-11,14-15H,4-6,12-13H2,1-3H3. The van der Waals surface area contributed by atoms with E-state index in [1.807, 2.05) is 6.07 Å². The van der Waals surface area contributed by atoms with Gasteiger partial charge in [0.2, 0.25) is 5.78 Å². The Balaban J connectivity index is 1.90. The maximum atomic E-state index is 13.7. The number of unbranched alkanes of at least 4 members (excludes halogenated alkanes) is 1. The fourth-order valence-corrected chi connectivity index (χ4v) is 4.98. The predicted octanol–water partition coefficient (Wildman–Crippen LogP) is 6.41. The van der Waals surface area contributed by atoms with Crippen molar-refractivity contribution in [2.24, 2.45) is 0 Å². The lowest BCUT2D eigenvalue weighted by molar-refractivity contribution is 0.103. The number of thiophene rings is 1. The molecule has 0 bridgehead atoms. The summed E-state index contributed by atoms with van der Waals surface area (Å²) >= 11 is 1.72. The molecule has 0 N–H and O–H groups in total. The first-order valence-electron chi connectivity index (χ1n) is 9.86. The number of ketones is 1. The number of aromatic nitrogens is 2. The van der Waals surface area contributed by atoms with Gasteiger partial charge < -0.3 is 9.13 Å². The summed E-state index contributed by atoms with van der Waals surface area (Å²) in [6.45, 7) is 8.30. The molecule has 4 rings (SSSR count). The number of aryl methyl sites for hydroxylation is 2. The van der Waals surface area contributed by atoms with Gasteiger partial charge >= 0.3 is 0 Å². The van der Waals surface area contributed by atoms with Crippen LogP contribution in [0.1, 0.15) is 54.9 Å². The summed E-state index contributed by atoms with van der Waals surface area (Å²) < 4.78 is 4.53. The first-order valence-corrected chi connectivity index (χ1v) is 10.7. The quantitative estimate of drug-likeness (QED) is 0.341. The largest absolute Gasteiger partial charge is 0.344 e. The van der Waals surface area contributed by atoms with Crippen LogP contribution in [0.4, 0.5) is 0 Å². The monoisotopic (exact) mass is 378 g/mol. The molecule has 0 aliphatic rings. The summed E-state index contributed by atoms with van der Waals surface area (Å²) in [5, 5.41) is 4.35. The summed E-state index contributed by atoms with van der Waals surface area (Å²) in [4.78, 5) is 14.9. The lowest BCUT2D eigenvalue weighted by Gasteiger charge is -2.09. The molecular formula is C23H26N2OS. The summed E-state index contributed by atoms with van der Waals surface area (Å²) in [6, 6.07) is 12.5. The molecule has 0 atom stereocenters. The maximum Gasteiger partial charge on any atom is 0.211 e. The molecule has 0 fully saturated rings. The van der Waals surface area contributed by atoms with Crippen LogP contribution in [-0.4, -0.2) is 14.9 Å². The number of rotatable bonds is 7. The number of hydrogen-bond acceptors (Lipinski definition) is 2. The van der Waals surface area contributed by atoms with Gasteiger partial charge in [-0.1, -0.05) is 38.5 Å². The molecule has 3 heterocycles. The van der Waals surface area contributed by atoms with Crippen molar-refractivity contribution in [3.05, 3.63) is 58.7 Å². The number of carbonyl (C=O) groups is 1. The molecule has 3 nitrogen and oxygen atoms in total. The lowest BCUT2D eigenvalue weighted by atomic mass is 10.0.